The van der Waals surface area contributed by atoms with Gasteiger partial charge in [-0.25, -0.2) is 9.78 Å². The Morgan fingerprint density at radius 1 is 1.15 bits per heavy atom. The third-order valence-corrected chi connectivity index (χ3v) is 6.46. The molecule has 0 unspecified atom stereocenters. The van der Waals surface area contributed by atoms with Gasteiger partial charge in [0, 0.05) is 34.5 Å². The molecule has 0 aliphatic heterocycles. The molecule has 4 aromatic rings. The molecule has 2 aromatic heterocycles. The lowest BCUT2D eigenvalue weighted by Gasteiger charge is -2.13. The maximum Gasteiger partial charge on any atom is 0.336 e. The first-order valence-corrected chi connectivity index (χ1v) is 11.7. The van der Waals surface area contributed by atoms with Crippen LogP contribution in [0, 0.1) is 0 Å². The number of ether oxygens (including phenoxy) is 1. The van der Waals surface area contributed by atoms with Crippen LogP contribution in [0.1, 0.15) is 49.2 Å². The number of rotatable bonds is 7. The van der Waals surface area contributed by atoms with Gasteiger partial charge in [-0.1, -0.05) is 30.7 Å². The fourth-order valence-corrected chi connectivity index (χ4v) is 4.50. The molecule has 34 heavy (non-hydrogen) atoms. The SMILES string of the molecule is CCc1cc2oc(=O)cc(COC(=O)CCc3nc4ccccc4c(=O)n3C3CC3)c2cc1Cl. The fraction of sp³-hybridized carbons (Fsp3) is 0.308. The number of nitrogens with zero attached hydrogens (tertiary/aromatic N) is 2. The first-order valence-electron chi connectivity index (χ1n) is 11.4. The number of carbonyl (C=O) groups excluding carboxylic acids is 1. The minimum atomic E-state index is -0.517. The maximum atomic E-state index is 13.0. The Kier molecular flexibility index (Phi) is 5.96. The molecule has 0 amide bonds. The predicted molar refractivity (Wildman–Crippen MR) is 129 cm³/mol. The predicted octanol–water partition coefficient (Wildman–Crippen LogP) is 4.73. The van der Waals surface area contributed by atoms with Gasteiger partial charge < -0.3 is 9.15 Å². The fourth-order valence-electron chi connectivity index (χ4n) is 4.20. The van der Waals surface area contributed by atoms with Gasteiger partial charge in [0.15, 0.2) is 0 Å². The van der Waals surface area contributed by atoms with Crippen LogP contribution in [0.2, 0.25) is 5.02 Å². The summed E-state index contributed by atoms with van der Waals surface area (Å²) in [6, 6.07) is 12.2. The van der Waals surface area contributed by atoms with Crippen molar-refractivity contribution in [3.05, 3.63) is 85.2 Å². The summed E-state index contributed by atoms with van der Waals surface area (Å²) >= 11 is 6.33. The van der Waals surface area contributed by atoms with Crippen LogP contribution in [0.15, 0.2) is 56.5 Å². The highest BCUT2D eigenvalue weighted by atomic mass is 35.5. The first kappa shape index (κ1) is 22.3. The van der Waals surface area contributed by atoms with E-state index in [4.69, 9.17) is 20.8 Å². The molecule has 5 rings (SSSR count). The third kappa shape index (κ3) is 4.35. The third-order valence-electron chi connectivity index (χ3n) is 6.11. The van der Waals surface area contributed by atoms with Gasteiger partial charge in [0.05, 0.1) is 17.3 Å². The zero-order valence-electron chi connectivity index (χ0n) is 18.7. The Morgan fingerprint density at radius 2 is 1.94 bits per heavy atom. The van der Waals surface area contributed by atoms with Crippen LogP contribution >= 0.6 is 11.6 Å². The van der Waals surface area contributed by atoms with E-state index in [0.29, 0.717) is 51.1 Å². The second-order valence-electron chi connectivity index (χ2n) is 8.50. The summed E-state index contributed by atoms with van der Waals surface area (Å²) in [5, 5.41) is 1.78. The number of carbonyl (C=O) groups is 1. The Bertz CT molecular complexity index is 1530. The monoisotopic (exact) mass is 478 g/mol. The number of para-hydroxylation sites is 1. The molecule has 0 saturated heterocycles. The van der Waals surface area contributed by atoms with E-state index in [1.165, 1.54) is 6.07 Å². The summed E-state index contributed by atoms with van der Waals surface area (Å²) in [5.41, 5.74) is 1.85. The molecule has 174 valence electrons. The molecule has 0 N–H and O–H groups in total. The van der Waals surface area contributed by atoms with Crippen molar-refractivity contribution in [2.75, 3.05) is 0 Å². The van der Waals surface area contributed by atoms with Crippen LogP contribution in [0.3, 0.4) is 0 Å². The van der Waals surface area contributed by atoms with Gasteiger partial charge in [0.25, 0.3) is 5.56 Å². The largest absolute Gasteiger partial charge is 0.461 e. The number of aryl methyl sites for hydroxylation is 2. The highest BCUT2D eigenvalue weighted by Crippen LogP contribution is 2.35. The molecule has 0 atom stereocenters. The van der Waals surface area contributed by atoms with Crippen molar-refractivity contribution in [2.24, 2.45) is 0 Å². The first-order chi connectivity index (χ1) is 16.4. The minimum Gasteiger partial charge on any atom is -0.461 e. The number of hydrogen-bond acceptors (Lipinski definition) is 6. The van der Waals surface area contributed by atoms with Gasteiger partial charge in [-0.3, -0.25) is 14.2 Å². The molecule has 1 fully saturated rings. The molecular weight excluding hydrogens is 456 g/mol. The average Bonchev–Trinajstić information content (AvgIpc) is 3.66. The van der Waals surface area contributed by atoms with Gasteiger partial charge in [-0.2, -0.15) is 0 Å². The summed E-state index contributed by atoms with van der Waals surface area (Å²) in [4.78, 5) is 42.2. The number of esters is 1. The lowest BCUT2D eigenvalue weighted by molar-refractivity contribution is -0.144. The molecule has 2 aromatic carbocycles. The molecule has 0 bridgehead atoms. The summed E-state index contributed by atoms with van der Waals surface area (Å²) < 4.78 is 12.5. The van der Waals surface area contributed by atoms with E-state index in [1.807, 2.05) is 19.1 Å². The molecule has 2 heterocycles. The second-order valence-corrected chi connectivity index (χ2v) is 8.90. The van der Waals surface area contributed by atoms with Gasteiger partial charge in [0.1, 0.15) is 18.0 Å². The Labute approximate surface area is 199 Å². The van der Waals surface area contributed by atoms with Gasteiger partial charge in [-0.15, -0.1) is 0 Å². The van der Waals surface area contributed by atoms with E-state index in [2.05, 4.69) is 4.98 Å². The molecular formula is C26H23ClN2O5. The van der Waals surface area contributed by atoms with Gasteiger partial charge in [-0.05, 0) is 49.1 Å². The summed E-state index contributed by atoms with van der Waals surface area (Å²) in [7, 11) is 0. The van der Waals surface area contributed by atoms with Crippen molar-refractivity contribution in [1.82, 2.24) is 9.55 Å². The number of halogens is 1. The second kappa shape index (κ2) is 9.06. The Morgan fingerprint density at radius 3 is 2.71 bits per heavy atom. The minimum absolute atomic E-state index is 0.0671. The molecule has 8 heteroatoms. The lowest BCUT2D eigenvalue weighted by Crippen LogP contribution is -2.25. The van der Waals surface area contributed by atoms with E-state index in [-0.39, 0.29) is 24.6 Å². The molecule has 0 spiro atoms. The lowest BCUT2D eigenvalue weighted by atomic mass is 10.1. The van der Waals surface area contributed by atoms with Crippen LogP contribution in [0.25, 0.3) is 21.9 Å². The molecule has 7 nitrogen and oxygen atoms in total. The normalized spacial score (nSPS) is 13.5. The van der Waals surface area contributed by atoms with Crippen molar-refractivity contribution in [3.8, 4) is 0 Å². The number of benzene rings is 2. The van der Waals surface area contributed by atoms with Crippen LogP contribution in [-0.2, 0) is 29.0 Å². The number of aromatic nitrogens is 2. The van der Waals surface area contributed by atoms with Gasteiger partial charge in [0.2, 0.25) is 0 Å². The molecule has 1 aliphatic carbocycles. The smallest absolute Gasteiger partial charge is 0.336 e. The van der Waals surface area contributed by atoms with Crippen molar-refractivity contribution >= 4 is 39.4 Å². The maximum absolute atomic E-state index is 13.0. The van der Waals surface area contributed by atoms with E-state index >= 15 is 0 Å². The van der Waals surface area contributed by atoms with E-state index < -0.39 is 11.6 Å². The molecule has 1 saturated carbocycles. The van der Waals surface area contributed by atoms with Crippen LogP contribution in [-0.4, -0.2) is 15.5 Å². The quantitative estimate of drug-likeness (QED) is 0.282. The highest BCUT2D eigenvalue weighted by molar-refractivity contribution is 6.32. The summed E-state index contributed by atoms with van der Waals surface area (Å²) in [5.74, 6) is 0.148. The van der Waals surface area contributed by atoms with Crippen molar-refractivity contribution in [2.45, 2.75) is 51.7 Å². The van der Waals surface area contributed by atoms with Crippen LogP contribution < -0.4 is 11.2 Å². The van der Waals surface area contributed by atoms with Crippen LogP contribution in [0.5, 0.6) is 0 Å². The molecule has 0 radical (unpaired) electrons. The Balaban J connectivity index is 1.34. The van der Waals surface area contributed by atoms with E-state index in [9.17, 15) is 14.4 Å². The summed E-state index contributed by atoms with van der Waals surface area (Å²) in [6.45, 7) is 1.88. The van der Waals surface area contributed by atoms with Crippen molar-refractivity contribution < 1.29 is 13.9 Å². The topological polar surface area (TPSA) is 91.4 Å². The molecule has 1 aliphatic rings. The number of fused-ring (bicyclic) bond motifs is 2. The zero-order chi connectivity index (χ0) is 23.8. The van der Waals surface area contributed by atoms with Crippen molar-refractivity contribution in [3.63, 3.8) is 0 Å². The van der Waals surface area contributed by atoms with E-state index in [1.54, 1.807) is 28.8 Å². The Hall–Kier alpha value is -3.45. The summed E-state index contributed by atoms with van der Waals surface area (Å²) in [6.07, 6.45) is 2.93. The highest BCUT2D eigenvalue weighted by Gasteiger charge is 2.28. The van der Waals surface area contributed by atoms with Gasteiger partial charge >= 0.3 is 11.6 Å². The van der Waals surface area contributed by atoms with E-state index in [0.717, 1.165) is 18.4 Å². The number of hydrogen-bond donors (Lipinski definition) is 0. The average molecular weight is 479 g/mol. The standard InChI is InChI=1S/C26H23ClN2O5/c1-2-15-11-22-19(13-20(15)27)16(12-25(31)34-22)14-33-24(30)10-9-23-28-21-6-4-3-5-18(21)26(32)29(23)17-7-8-17/h3-6,11-13,17H,2,7-10,14H2,1H3. The van der Waals surface area contributed by atoms with Crippen molar-refractivity contribution in [1.29, 1.82) is 0 Å². The zero-order valence-corrected chi connectivity index (χ0v) is 19.4. The van der Waals surface area contributed by atoms with Crippen LogP contribution in [0.4, 0.5) is 0 Å².